The fourth-order valence-corrected chi connectivity index (χ4v) is 6.13. The average Bonchev–Trinajstić information content (AvgIpc) is 3.03. The molecular weight excluding hydrogens is 421 g/mol. The van der Waals surface area contributed by atoms with Crippen LogP contribution in [-0.4, -0.2) is 77.6 Å². The quantitative estimate of drug-likeness (QED) is 0.602. The number of aromatic nitrogens is 2. The molecule has 2 aromatic carbocycles. The van der Waals surface area contributed by atoms with Crippen LogP contribution in [0.1, 0.15) is 11.4 Å². The molecule has 7 nitrogen and oxygen atoms in total. The maximum Gasteiger partial charge on any atom is 0.246 e. The second-order valence-electron chi connectivity index (χ2n) is 9.64. The van der Waals surface area contributed by atoms with E-state index in [4.69, 9.17) is 4.74 Å². The van der Waals surface area contributed by atoms with Gasteiger partial charge in [-0.05, 0) is 23.8 Å². The summed E-state index contributed by atoms with van der Waals surface area (Å²) >= 11 is 0. The highest BCUT2D eigenvalue weighted by atomic mass is 19.1. The van der Waals surface area contributed by atoms with E-state index in [2.05, 4.69) is 49.4 Å². The van der Waals surface area contributed by atoms with Crippen LogP contribution in [-0.2, 0) is 21.6 Å². The number of benzene rings is 2. The summed E-state index contributed by atoms with van der Waals surface area (Å²) in [5, 5.41) is 3.35. The number of rotatable bonds is 6. The number of nitrogens with zero attached hydrogens (tertiary/aromatic N) is 3. The van der Waals surface area contributed by atoms with Crippen molar-refractivity contribution in [2.24, 2.45) is 5.92 Å². The summed E-state index contributed by atoms with van der Waals surface area (Å²) in [6, 6.07) is 15.1. The van der Waals surface area contributed by atoms with Gasteiger partial charge in [-0.25, -0.2) is 9.37 Å². The summed E-state index contributed by atoms with van der Waals surface area (Å²) in [7, 11) is 0. The van der Waals surface area contributed by atoms with E-state index in [0.29, 0.717) is 22.8 Å². The predicted molar refractivity (Wildman–Crippen MR) is 122 cm³/mol. The number of imidazole rings is 1. The van der Waals surface area contributed by atoms with Gasteiger partial charge >= 0.3 is 0 Å². The molecule has 4 bridgehead atoms. The Kier molecular flexibility index (Phi) is 5.16. The highest BCUT2D eigenvalue weighted by molar-refractivity contribution is 5.78. The Morgan fingerprint density at radius 2 is 1.91 bits per heavy atom. The maximum absolute atomic E-state index is 13.4. The normalized spacial score (nSPS) is 30.5. The van der Waals surface area contributed by atoms with Crippen molar-refractivity contribution >= 4 is 16.9 Å². The molecule has 172 valence electrons. The Hall–Kier alpha value is -2.81. The summed E-state index contributed by atoms with van der Waals surface area (Å²) < 4.78 is 19.1. The van der Waals surface area contributed by atoms with E-state index in [1.54, 1.807) is 6.07 Å². The lowest BCUT2D eigenvalue weighted by molar-refractivity contribution is -0.129. The Labute approximate surface area is 191 Å². The second kappa shape index (κ2) is 8.20. The first-order valence-corrected chi connectivity index (χ1v) is 11.6. The molecule has 3 aromatic rings. The van der Waals surface area contributed by atoms with Crippen molar-refractivity contribution in [3.8, 4) is 0 Å². The fourth-order valence-electron chi connectivity index (χ4n) is 6.13. The molecule has 3 unspecified atom stereocenters. The van der Waals surface area contributed by atoms with Crippen LogP contribution >= 0.6 is 0 Å². The van der Waals surface area contributed by atoms with E-state index in [0.717, 1.165) is 39.3 Å². The van der Waals surface area contributed by atoms with E-state index in [9.17, 15) is 9.18 Å². The lowest BCUT2D eigenvalue weighted by Crippen LogP contribution is -2.70. The number of carbonyl (C=O) groups excluding carboxylic acids is 1. The van der Waals surface area contributed by atoms with Crippen molar-refractivity contribution in [3.63, 3.8) is 0 Å². The summed E-state index contributed by atoms with van der Waals surface area (Å²) in [6.07, 6.45) is 0. The minimum atomic E-state index is -0.315. The summed E-state index contributed by atoms with van der Waals surface area (Å²) in [6.45, 7) is 6.29. The number of carbonyl (C=O) groups is 1. The van der Waals surface area contributed by atoms with Gasteiger partial charge in [0.25, 0.3) is 0 Å². The van der Waals surface area contributed by atoms with E-state index in [1.807, 2.05) is 6.07 Å². The van der Waals surface area contributed by atoms with Gasteiger partial charge in [-0.15, -0.1) is 0 Å². The predicted octanol–water partition coefficient (Wildman–Crippen LogP) is 1.90. The lowest BCUT2D eigenvalue weighted by Gasteiger charge is -2.55. The van der Waals surface area contributed by atoms with E-state index < -0.39 is 0 Å². The third-order valence-electron chi connectivity index (χ3n) is 7.43. The van der Waals surface area contributed by atoms with Crippen LogP contribution in [0.4, 0.5) is 4.39 Å². The Morgan fingerprint density at radius 1 is 1.15 bits per heavy atom. The van der Waals surface area contributed by atoms with Gasteiger partial charge in [0.2, 0.25) is 5.91 Å². The zero-order chi connectivity index (χ0) is 22.4. The van der Waals surface area contributed by atoms with Crippen LogP contribution < -0.4 is 5.32 Å². The van der Waals surface area contributed by atoms with E-state index in [-0.39, 0.29) is 36.4 Å². The summed E-state index contributed by atoms with van der Waals surface area (Å²) in [4.78, 5) is 25.5. The SMILES string of the molecule is O=C(COCc1nc2ccc(F)cc2[nH]1)NC1C2CN3CCN(C2)CC1(c1ccccc1)C3. The number of aromatic amines is 1. The van der Waals surface area contributed by atoms with Crippen LogP contribution in [0.3, 0.4) is 0 Å². The molecule has 4 aliphatic rings. The van der Waals surface area contributed by atoms with E-state index in [1.165, 1.54) is 17.7 Å². The molecule has 1 aromatic heterocycles. The number of halogens is 1. The largest absolute Gasteiger partial charge is 0.364 e. The summed E-state index contributed by atoms with van der Waals surface area (Å²) in [5.74, 6) is 0.554. The van der Waals surface area contributed by atoms with Gasteiger partial charge in [-0.2, -0.15) is 0 Å². The van der Waals surface area contributed by atoms with Crippen molar-refractivity contribution in [2.75, 3.05) is 45.9 Å². The van der Waals surface area contributed by atoms with Crippen molar-refractivity contribution in [1.29, 1.82) is 0 Å². The van der Waals surface area contributed by atoms with Gasteiger partial charge in [0.05, 0.1) is 11.0 Å². The molecular formula is C25H28FN5O2. The fraction of sp³-hybridized carbons (Fsp3) is 0.440. The molecule has 7 rings (SSSR count). The van der Waals surface area contributed by atoms with Gasteiger partial charge in [-0.3, -0.25) is 4.79 Å². The third-order valence-corrected chi connectivity index (χ3v) is 7.43. The molecule has 0 radical (unpaired) electrons. The minimum Gasteiger partial charge on any atom is -0.364 e. The van der Waals surface area contributed by atoms with Gasteiger partial charge < -0.3 is 24.8 Å². The highest BCUT2D eigenvalue weighted by Crippen LogP contribution is 2.43. The first-order chi connectivity index (χ1) is 16.1. The van der Waals surface area contributed by atoms with Crippen LogP contribution in [0, 0.1) is 11.7 Å². The Balaban J connectivity index is 1.15. The molecule has 4 aliphatic heterocycles. The Morgan fingerprint density at radius 3 is 2.67 bits per heavy atom. The molecule has 0 spiro atoms. The molecule has 5 heterocycles. The molecule has 4 fully saturated rings. The number of fused-ring (bicyclic) bond motifs is 2. The molecule has 0 saturated carbocycles. The monoisotopic (exact) mass is 449 g/mol. The first-order valence-electron chi connectivity index (χ1n) is 11.6. The van der Waals surface area contributed by atoms with Gasteiger partial charge in [0.1, 0.15) is 24.9 Å². The molecule has 4 saturated heterocycles. The van der Waals surface area contributed by atoms with E-state index >= 15 is 0 Å². The van der Waals surface area contributed by atoms with Gasteiger partial charge in [0, 0.05) is 56.6 Å². The number of ether oxygens (including phenoxy) is 1. The van der Waals surface area contributed by atoms with Crippen molar-refractivity contribution in [1.82, 2.24) is 25.1 Å². The van der Waals surface area contributed by atoms with Gasteiger partial charge in [-0.1, -0.05) is 30.3 Å². The van der Waals surface area contributed by atoms with Gasteiger partial charge in [0.15, 0.2) is 0 Å². The zero-order valence-corrected chi connectivity index (χ0v) is 18.5. The standard InChI is InChI=1S/C25H28FN5O2/c26-19-6-7-20-21(10-19)28-22(27-20)13-33-14-23(32)29-24-17-11-30-8-9-31(12-17)16-25(24,15-30)18-4-2-1-3-5-18/h1-7,10,17,24H,8-9,11-16H2,(H,27,28)(H,29,32). The number of H-pyrrole nitrogens is 1. The molecule has 1 amide bonds. The Bertz CT molecular complexity index is 1150. The summed E-state index contributed by atoms with van der Waals surface area (Å²) in [5.41, 5.74) is 2.49. The molecule has 8 heteroatoms. The number of hydrogen-bond donors (Lipinski definition) is 2. The van der Waals surface area contributed by atoms with Crippen LogP contribution in [0.5, 0.6) is 0 Å². The topological polar surface area (TPSA) is 73.5 Å². The lowest BCUT2D eigenvalue weighted by atomic mass is 9.64. The van der Waals surface area contributed by atoms with Crippen molar-refractivity contribution in [2.45, 2.75) is 18.1 Å². The molecule has 2 N–H and O–H groups in total. The van der Waals surface area contributed by atoms with Crippen molar-refractivity contribution in [3.05, 3.63) is 65.7 Å². The first kappa shape index (κ1) is 20.8. The minimum absolute atomic E-state index is 0.0348. The number of nitrogens with one attached hydrogen (secondary N) is 2. The molecule has 33 heavy (non-hydrogen) atoms. The highest BCUT2D eigenvalue weighted by Gasteiger charge is 2.55. The smallest absolute Gasteiger partial charge is 0.246 e. The van der Waals surface area contributed by atoms with Crippen LogP contribution in [0.2, 0.25) is 0 Å². The molecule has 0 aliphatic carbocycles. The zero-order valence-electron chi connectivity index (χ0n) is 18.5. The van der Waals surface area contributed by atoms with Crippen LogP contribution in [0.15, 0.2) is 48.5 Å². The number of hydrogen-bond acceptors (Lipinski definition) is 5. The molecule has 3 atom stereocenters. The maximum atomic E-state index is 13.4. The number of piperidine rings is 2. The second-order valence-corrected chi connectivity index (χ2v) is 9.64. The van der Waals surface area contributed by atoms with Crippen LogP contribution in [0.25, 0.3) is 11.0 Å². The average molecular weight is 450 g/mol. The third kappa shape index (κ3) is 3.82. The van der Waals surface area contributed by atoms with Crippen molar-refractivity contribution < 1.29 is 13.9 Å². The number of amides is 1.